The standard InChI is InChI=1S/C39H43F2N2O8P/c1-28(2)37(43-36(44)33-22-21-32(40)24-34(33)41)52(47,50-27-31-18-10-5-11-19-31)51-35(38(45)48-25-29-14-6-3-7-15-29)20-12-13-23-42-39(46)49-26-30-16-8-4-9-17-30/h3-11,14-19,21-22,24,28,35,37H,12-13,20,23,25-27H2,1-2H3,(H,42,46)(H,43,44)/t35-,37?,52?/m0/s1. The Bertz CT molecular complexity index is 1780. The van der Waals surface area contributed by atoms with E-state index in [4.69, 9.17) is 18.5 Å². The lowest BCUT2D eigenvalue weighted by atomic mass is 10.1. The second-order valence-electron chi connectivity index (χ2n) is 12.3. The zero-order chi connectivity index (χ0) is 37.3. The fourth-order valence-electron chi connectivity index (χ4n) is 5.04. The lowest BCUT2D eigenvalue weighted by molar-refractivity contribution is -0.154. The first-order valence-electron chi connectivity index (χ1n) is 16.9. The normalized spacial score (nSPS) is 13.4. The van der Waals surface area contributed by atoms with Gasteiger partial charge in [-0.3, -0.25) is 13.9 Å². The van der Waals surface area contributed by atoms with Crippen molar-refractivity contribution in [3.63, 3.8) is 0 Å². The maximum Gasteiger partial charge on any atom is 0.407 e. The van der Waals surface area contributed by atoms with Gasteiger partial charge < -0.3 is 24.6 Å². The molecule has 0 saturated carbocycles. The van der Waals surface area contributed by atoms with Crippen LogP contribution in [-0.2, 0) is 47.7 Å². The molecule has 0 spiro atoms. The number of amides is 2. The molecule has 4 aromatic carbocycles. The summed E-state index contributed by atoms with van der Waals surface area (Å²) in [7, 11) is -4.48. The monoisotopic (exact) mass is 736 g/mol. The summed E-state index contributed by atoms with van der Waals surface area (Å²) in [6.07, 6.45) is -1.29. The Labute approximate surface area is 302 Å². The number of halogens is 2. The van der Waals surface area contributed by atoms with E-state index in [1.165, 1.54) is 0 Å². The summed E-state index contributed by atoms with van der Waals surface area (Å²) < 4.78 is 66.0. The predicted molar refractivity (Wildman–Crippen MR) is 191 cm³/mol. The minimum atomic E-state index is -4.48. The summed E-state index contributed by atoms with van der Waals surface area (Å²) in [6, 6.07) is 29.5. The summed E-state index contributed by atoms with van der Waals surface area (Å²) in [6.45, 7) is 3.34. The number of nitrogens with one attached hydrogen (secondary N) is 2. The van der Waals surface area contributed by atoms with Crippen LogP contribution < -0.4 is 10.6 Å². The molecule has 2 N–H and O–H groups in total. The lowest BCUT2D eigenvalue weighted by Crippen LogP contribution is -2.41. The Balaban J connectivity index is 1.51. The van der Waals surface area contributed by atoms with Crippen LogP contribution in [0.5, 0.6) is 0 Å². The van der Waals surface area contributed by atoms with Crippen molar-refractivity contribution in [1.29, 1.82) is 0 Å². The van der Waals surface area contributed by atoms with Crippen LogP contribution in [0.15, 0.2) is 109 Å². The molecule has 0 radical (unpaired) electrons. The second-order valence-corrected chi connectivity index (χ2v) is 14.4. The minimum absolute atomic E-state index is 0.0123. The van der Waals surface area contributed by atoms with E-state index in [1.807, 2.05) is 36.4 Å². The smallest absolute Gasteiger partial charge is 0.407 e. The molecule has 4 rings (SSSR count). The SMILES string of the molecule is CC(C)C(NC(=O)c1ccc(F)cc1F)P(=O)(OCc1ccccc1)O[C@@H](CCCCNC(=O)OCc1ccccc1)C(=O)OCc1ccccc1. The lowest BCUT2D eigenvalue weighted by Gasteiger charge is -2.32. The molecule has 0 saturated heterocycles. The van der Waals surface area contributed by atoms with E-state index in [0.29, 0.717) is 30.0 Å². The van der Waals surface area contributed by atoms with E-state index >= 15 is 0 Å². The van der Waals surface area contributed by atoms with E-state index in [0.717, 1.165) is 17.7 Å². The van der Waals surface area contributed by atoms with Gasteiger partial charge in [0.2, 0.25) is 0 Å². The maximum atomic E-state index is 14.9. The Hall–Kier alpha value is -4.90. The summed E-state index contributed by atoms with van der Waals surface area (Å²) in [4.78, 5) is 39.1. The minimum Gasteiger partial charge on any atom is -0.459 e. The van der Waals surface area contributed by atoms with Gasteiger partial charge in [-0.15, -0.1) is 0 Å². The molecule has 13 heteroatoms. The quantitative estimate of drug-likeness (QED) is 0.0559. The molecule has 0 bridgehead atoms. The van der Waals surface area contributed by atoms with E-state index in [1.54, 1.807) is 68.4 Å². The van der Waals surface area contributed by atoms with E-state index in [-0.39, 0.29) is 32.8 Å². The number of hydrogen-bond donors (Lipinski definition) is 2. The molecule has 0 aliphatic heterocycles. The summed E-state index contributed by atoms with van der Waals surface area (Å²) in [5.74, 6) is -5.75. The maximum absolute atomic E-state index is 14.9. The van der Waals surface area contributed by atoms with Gasteiger partial charge in [-0.25, -0.2) is 18.4 Å². The van der Waals surface area contributed by atoms with Crippen LogP contribution in [0.3, 0.4) is 0 Å². The van der Waals surface area contributed by atoms with E-state index in [9.17, 15) is 27.7 Å². The van der Waals surface area contributed by atoms with Crippen LogP contribution in [0, 0.1) is 17.6 Å². The summed E-state index contributed by atoms with van der Waals surface area (Å²) in [5.41, 5.74) is 1.71. The number of rotatable bonds is 19. The van der Waals surface area contributed by atoms with Gasteiger partial charge in [0.05, 0.1) is 12.2 Å². The van der Waals surface area contributed by atoms with Crippen molar-refractivity contribution in [2.75, 3.05) is 6.54 Å². The van der Waals surface area contributed by atoms with E-state index in [2.05, 4.69) is 10.6 Å². The third-order valence-corrected chi connectivity index (χ3v) is 10.3. The molecule has 3 atom stereocenters. The number of benzene rings is 4. The molecule has 0 aliphatic rings. The highest BCUT2D eigenvalue weighted by molar-refractivity contribution is 7.54. The van der Waals surface area contributed by atoms with Gasteiger partial charge in [-0.05, 0) is 54.0 Å². The summed E-state index contributed by atoms with van der Waals surface area (Å²) >= 11 is 0. The molecule has 52 heavy (non-hydrogen) atoms. The Morgan fingerprint density at radius 2 is 1.29 bits per heavy atom. The molecule has 276 valence electrons. The van der Waals surface area contributed by atoms with Crippen LogP contribution in [0.25, 0.3) is 0 Å². The van der Waals surface area contributed by atoms with Gasteiger partial charge >= 0.3 is 19.7 Å². The van der Waals surface area contributed by atoms with Crippen molar-refractivity contribution in [2.24, 2.45) is 5.92 Å². The Morgan fingerprint density at radius 3 is 1.85 bits per heavy atom. The third-order valence-electron chi connectivity index (χ3n) is 7.82. The van der Waals surface area contributed by atoms with Gasteiger partial charge in [0.15, 0.2) is 6.10 Å². The average molecular weight is 737 g/mol. The first-order valence-corrected chi connectivity index (χ1v) is 18.5. The van der Waals surface area contributed by atoms with Gasteiger partial charge in [0, 0.05) is 12.6 Å². The van der Waals surface area contributed by atoms with Crippen molar-refractivity contribution in [3.05, 3.63) is 143 Å². The van der Waals surface area contributed by atoms with Gasteiger partial charge in [-0.1, -0.05) is 105 Å². The molecule has 0 heterocycles. The largest absolute Gasteiger partial charge is 0.459 e. The van der Waals surface area contributed by atoms with Gasteiger partial charge in [0.1, 0.15) is 30.6 Å². The fourth-order valence-corrected chi connectivity index (χ4v) is 7.28. The molecular weight excluding hydrogens is 693 g/mol. The van der Waals surface area contributed by atoms with Crippen molar-refractivity contribution in [2.45, 2.75) is 64.8 Å². The number of hydrogen-bond acceptors (Lipinski definition) is 8. The number of carbonyl (C=O) groups is 3. The molecule has 2 unspecified atom stereocenters. The predicted octanol–water partition coefficient (Wildman–Crippen LogP) is 8.31. The molecule has 4 aromatic rings. The molecule has 0 aromatic heterocycles. The Kier molecular flexibility index (Phi) is 15.5. The number of unbranched alkanes of at least 4 members (excludes halogenated alkanes) is 1. The van der Waals surface area contributed by atoms with Crippen LogP contribution in [0.2, 0.25) is 0 Å². The third kappa shape index (κ3) is 12.7. The fraction of sp³-hybridized carbons (Fsp3) is 0.308. The first-order chi connectivity index (χ1) is 25.0. The number of carbonyl (C=O) groups excluding carboxylic acids is 3. The van der Waals surface area contributed by atoms with Crippen LogP contribution in [0.4, 0.5) is 13.6 Å². The zero-order valence-corrected chi connectivity index (χ0v) is 29.9. The second kappa shape index (κ2) is 20.2. The highest BCUT2D eigenvalue weighted by Crippen LogP contribution is 2.56. The molecule has 0 aliphatic carbocycles. The number of alkyl carbamates (subject to hydrolysis) is 1. The number of ether oxygens (including phenoxy) is 2. The number of esters is 1. The molecular formula is C39H43F2N2O8P. The van der Waals surface area contributed by atoms with E-state index < -0.39 is 60.6 Å². The molecule has 0 fully saturated rings. The van der Waals surface area contributed by atoms with Crippen LogP contribution in [-0.4, -0.2) is 36.4 Å². The highest BCUT2D eigenvalue weighted by atomic mass is 31.2. The van der Waals surface area contributed by atoms with Crippen molar-refractivity contribution in [3.8, 4) is 0 Å². The van der Waals surface area contributed by atoms with Crippen molar-refractivity contribution < 1.29 is 46.3 Å². The topological polar surface area (TPSA) is 129 Å². The molecule has 2 amide bonds. The van der Waals surface area contributed by atoms with Crippen molar-refractivity contribution >= 4 is 25.6 Å². The van der Waals surface area contributed by atoms with Crippen LogP contribution >= 0.6 is 7.60 Å². The van der Waals surface area contributed by atoms with Gasteiger partial charge in [0.25, 0.3) is 5.91 Å². The van der Waals surface area contributed by atoms with Gasteiger partial charge in [-0.2, -0.15) is 0 Å². The average Bonchev–Trinajstić information content (AvgIpc) is 3.14. The molecule has 10 nitrogen and oxygen atoms in total. The first kappa shape index (κ1) is 39.9. The Morgan fingerprint density at radius 1 is 0.731 bits per heavy atom. The highest BCUT2D eigenvalue weighted by Gasteiger charge is 2.44. The van der Waals surface area contributed by atoms with Crippen molar-refractivity contribution in [1.82, 2.24) is 10.6 Å². The summed E-state index contributed by atoms with van der Waals surface area (Å²) in [5, 5.41) is 5.23. The zero-order valence-electron chi connectivity index (χ0n) is 29.0. The van der Waals surface area contributed by atoms with Crippen LogP contribution in [0.1, 0.15) is 60.2 Å².